The van der Waals surface area contributed by atoms with Gasteiger partial charge in [-0.25, -0.2) is 4.79 Å². The van der Waals surface area contributed by atoms with Gasteiger partial charge in [0.15, 0.2) is 8.32 Å². The number of rotatable bonds is 5. The number of esters is 2. The van der Waals surface area contributed by atoms with Crippen molar-refractivity contribution < 1.29 is 33.0 Å². The van der Waals surface area contributed by atoms with Gasteiger partial charge < -0.3 is 23.4 Å². The van der Waals surface area contributed by atoms with Crippen LogP contribution in [0.4, 0.5) is 0 Å². The maximum Gasteiger partial charge on any atom is 0.342 e. The molecule has 0 aromatic heterocycles. The molecule has 1 saturated heterocycles. The van der Waals surface area contributed by atoms with Crippen LogP contribution in [-0.4, -0.2) is 51.0 Å². The summed E-state index contributed by atoms with van der Waals surface area (Å²) in [6.45, 7) is 12.4. The molecule has 2 aliphatic rings. The van der Waals surface area contributed by atoms with Crippen molar-refractivity contribution in [1.82, 2.24) is 0 Å². The van der Waals surface area contributed by atoms with Crippen molar-refractivity contribution in [1.29, 1.82) is 0 Å². The molecule has 0 radical (unpaired) electrons. The first kappa shape index (κ1) is 25.6. The number of hydrogen-bond acceptors (Lipinski definition) is 7. The Morgan fingerprint density at radius 2 is 1.97 bits per heavy atom. The second-order valence-corrected chi connectivity index (χ2v) is 15.3. The predicted octanol–water partition coefficient (Wildman–Crippen LogP) is 4.61. The Morgan fingerprint density at radius 1 is 1.24 bits per heavy atom. The number of benzene rings is 1. The van der Waals surface area contributed by atoms with Crippen molar-refractivity contribution in [3.8, 4) is 5.75 Å². The molecule has 1 fully saturated rings. The zero-order valence-electron chi connectivity index (χ0n) is 20.5. The van der Waals surface area contributed by atoms with Gasteiger partial charge in [-0.05, 0) is 42.6 Å². The second kappa shape index (κ2) is 10.1. The summed E-state index contributed by atoms with van der Waals surface area (Å²) in [5.74, 6) is -0.953. The monoisotopic (exact) mass is 476 g/mol. The van der Waals surface area contributed by atoms with Crippen LogP contribution in [0.3, 0.4) is 0 Å². The SMILES string of the molecule is CC(=O)Oc1cccc2c1C(=O)O[C@@H](CC=O)C[C@H]1CC[C@H](O[Si](C)(C)C(C)(C)C)[C@H](C2)O1. The van der Waals surface area contributed by atoms with E-state index in [9.17, 15) is 14.4 Å². The van der Waals surface area contributed by atoms with Crippen LogP contribution in [0.15, 0.2) is 18.2 Å². The van der Waals surface area contributed by atoms with E-state index in [0.29, 0.717) is 18.4 Å². The molecule has 1 aromatic rings. The van der Waals surface area contributed by atoms with E-state index in [2.05, 4.69) is 33.9 Å². The van der Waals surface area contributed by atoms with E-state index >= 15 is 0 Å². The third-order valence-corrected chi connectivity index (χ3v) is 11.5. The van der Waals surface area contributed by atoms with Gasteiger partial charge in [0, 0.05) is 26.2 Å². The van der Waals surface area contributed by atoms with E-state index in [4.69, 9.17) is 18.6 Å². The highest BCUT2D eigenvalue weighted by Crippen LogP contribution is 2.40. The molecule has 33 heavy (non-hydrogen) atoms. The molecule has 3 rings (SSSR count). The summed E-state index contributed by atoms with van der Waals surface area (Å²) in [5.41, 5.74) is 0.891. The van der Waals surface area contributed by atoms with Gasteiger partial charge in [0.2, 0.25) is 0 Å². The van der Waals surface area contributed by atoms with Crippen LogP contribution >= 0.6 is 0 Å². The summed E-state index contributed by atoms with van der Waals surface area (Å²) in [7, 11) is -2.05. The first-order chi connectivity index (χ1) is 15.4. The Kier molecular flexibility index (Phi) is 7.81. The Balaban J connectivity index is 2.01. The number of cyclic esters (lactones) is 1. The van der Waals surface area contributed by atoms with Gasteiger partial charge in [0.05, 0.1) is 18.3 Å². The highest BCUT2D eigenvalue weighted by atomic mass is 28.4. The van der Waals surface area contributed by atoms with Crippen molar-refractivity contribution in [2.24, 2.45) is 0 Å². The van der Waals surface area contributed by atoms with Gasteiger partial charge in [-0.2, -0.15) is 0 Å². The van der Waals surface area contributed by atoms with Crippen molar-refractivity contribution >= 4 is 26.5 Å². The molecule has 1 aromatic carbocycles. The summed E-state index contributed by atoms with van der Waals surface area (Å²) in [6.07, 6.45) is 2.26. The highest BCUT2D eigenvalue weighted by molar-refractivity contribution is 6.74. The molecule has 0 N–H and O–H groups in total. The number of hydrogen-bond donors (Lipinski definition) is 0. The van der Waals surface area contributed by atoms with Gasteiger partial charge in [0.25, 0.3) is 0 Å². The van der Waals surface area contributed by atoms with Crippen LogP contribution in [-0.2, 0) is 29.9 Å². The molecule has 0 saturated carbocycles. The van der Waals surface area contributed by atoms with E-state index < -0.39 is 26.4 Å². The van der Waals surface area contributed by atoms with Gasteiger partial charge in [-0.3, -0.25) is 4.79 Å². The van der Waals surface area contributed by atoms with Gasteiger partial charge in [-0.1, -0.05) is 32.9 Å². The lowest BCUT2D eigenvalue weighted by Crippen LogP contribution is -2.51. The molecule has 4 atom stereocenters. The summed E-state index contributed by atoms with van der Waals surface area (Å²) in [5, 5.41) is 0.0547. The van der Waals surface area contributed by atoms with Crippen LogP contribution in [0.2, 0.25) is 18.1 Å². The lowest BCUT2D eigenvalue weighted by atomic mass is 9.91. The minimum Gasteiger partial charge on any atom is -0.458 e. The Bertz CT molecular complexity index is 889. The highest BCUT2D eigenvalue weighted by Gasteiger charge is 2.44. The molecule has 0 aliphatic carbocycles. The van der Waals surface area contributed by atoms with Gasteiger partial charge in [-0.15, -0.1) is 0 Å². The minimum absolute atomic E-state index is 0.0547. The number of aldehydes is 1. The van der Waals surface area contributed by atoms with Crippen molar-refractivity contribution in [3.05, 3.63) is 29.3 Å². The number of carbonyl (C=O) groups excluding carboxylic acids is 3. The van der Waals surface area contributed by atoms with Gasteiger partial charge >= 0.3 is 11.9 Å². The fourth-order valence-electron chi connectivity index (χ4n) is 4.22. The summed E-state index contributed by atoms with van der Waals surface area (Å²) in [4.78, 5) is 36.1. The Morgan fingerprint density at radius 3 is 2.61 bits per heavy atom. The van der Waals surface area contributed by atoms with Crippen LogP contribution in [0, 0.1) is 0 Å². The summed E-state index contributed by atoms with van der Waals surface area (Å²) >= 11 is 0. The lowest BCUT2D eigenvalue weighted by Gasteiger charge is -2.45. The molecule has 0 unspecified atom stereocenters. The maximum atomic E-state index is 13.2. The first-order valence-corrected chi connectivity index (χ1v) is 14.6. The molecule has 7 nitrogen and oxygen atoms in total. The lowest BCUT2D eigenvalue weighted by molar-refractivity contribution is -0.131. The largest absolute Gasteiger partial charge is 0.458 e. The zero-order chi connectivity index (χ0) is 24.4. The maximum absolute atomic E-state index is 13.2. The van der Waals surface area contributed by atoms with Crippen LogP contribution < -0.4 is 4.74 Å². The van der Waals surface area contributed by atoms with Crippen molar-refractivity contribution in [3.63, 3.8) is 0 Å². The van der Waals surface area contributed by atoms with Crippen molar-refractivity contribution in [2.75, 3.05) is 0 Å². The molecule has 0 spiro atoms. The fraction of sp³-hybridized carbons (Fsp3) is 0.640. The fourth-order valence-corrected chi connectivity index (χ4v) is 5.60. The van der Waals surface area contributed by atoms with E-state index in [0.717, 1.165) is 19.1 Å². The number of fused-ring (bicyclic) bond motifs is 3. The zero-order valence-corrected chi connectivity index (χ0v) is 21.5. The summed E-state index contributed by atoms with van der Waals surface area (Å²) < 4.78 is 24.3. The number of ether oxygens (including phenoxy) is 3. The Hall–Kier alpha value is -2.03. The van der Waals surface area contributed by atoms with Crippen molar-refractivity contribution in [2.45, 2.75) is 102 Å². The van der Waals surface area contributed by atoms with E-state index in [1.54, 1.807) is 12.1 Å². The van der Waals surface area contributed by atoms with Crippen LogP contribution in [0.5, 0.6) is 5.75 Å². The van der Waals surface area contributed by atoms with Crippen LogP contribution in [0.1, 0.15) is 69.3 Å². The molecule has 2 bridgehead atoms. The Labute approximate surface area is 197 Å². The minimum atomic E-state index is -2.05. The number of carbonyl (C=O) groups is 3. The molecule has 8 heteroatoms. The molecular formula is C25H36O7Si. The topological polar surface area (TPSA) is 88.1 Å². The normalized spacial score (nSPS) is 26.1. The first-order valence-electron chi connectivity index (χ1n) is 11.7. The van der Waals surface area contributed by atoms with E-state index in [-0.39, 0.29) is 41.1 Å². The van der Waals surface area contributed by atoms with E-state index in [1.807, 2.05) is 6.07 Å². The van der Waals surface area contributed by atoms with E-state index in [1.165, 1.54) is 6.92 Å². The quantitative estimate of drug-likeness (QED) is 0.265. The standard InChI is InChI=1S/C25H36O7Si/c1-16(27)29-21-9-7-8-17-14-22-20(32-33(5,6)25(2,3)4)11-10-18(30-22)15-19(12-13-26)31-24(28)23(17)21/h7-9,13,18-20,22H,10-12,14-15H2,1-6H3/t18-,19+,20+,22+/m1/s1. The average molecular weight is 477 g/mol. The molecule has 182 valence electrons. The average Bonchev–Trinajstić information content (AvgIpc) is 2.68. The third-order valence-electron chi connectivity index (χ3n) is 6.96. The predicted molar refractivity (Wildman–Crippen MR) is 126 cm³/mol. The summed E-state index contributed by atoms with van der Waals surface area (Å²) in [6, 6.07) is 5.16. The smallest absolute Gasteiger partial charge is 0.342 e. The third kappa shape index (κ3) is 6.10. The molecule has 0 amide bonds. The molecule has 2 aliphatic heterocycles. The van der Waals surface area contributed by atoms with Gasteiger partial charge in [0.1, 0.15) is 23.7 Å². The molecule has 2 heterocycles. The van der Waals surface area contributed by atoms with Crippen LogP contribution in [0.25, 0.3) is 0 Å². The second-order valence-electron chi connectivity index (χ2n) is 10.5. The molecular weight excluding hydrogens is 440 g/mol.